The fourth-order valence-corrected chi connectivity index (χ4v) is 2.10. The Kier molecular flexibility index (Phi) is 6.05. The van der Waals surface area contributed by atoms with Gasteiger partial charge in [0.1, 0.15) is 11.6 Å². The van der Waals surface area contributed by atoms with E-state index in [-0.39, 0.29) is 23.9 Å². The summed E-state index contributed by atoms with van der Waals surface area (Å²) in [5, 5.41) is 6.08. The van der Waals surface area contributed by atoms with Crippen LogP contribution < -0.4 is 15.4 Å². The first-order chi connectivity index (χ1) is 8.70. The van der Waals surface area contributed by atoms with Gasteiger partial charge in [0.25, 0.3) is 5.91 Å². The first-order valence-corrected chi connectivity index (χ1v) is 6.06. The van der Waals surface area contributed by atoms with Crippen molar-refractivity contribution < 1.29 is 13.9 Å². The quantitative estimate of drug-likeness (QED) is 0.887. The van der Waals surface area contributed by atoms with Crippen LogP contribution in [0.2, 0.25) is 0 Å². The SMILES string of the molecule is COc1ccc(F)cc1C(=O)NCC1CCCN1.Cl. The summed E-state index contributed by atoms with van der Waals surface area (Å²) in [7, 11) is 1.46. The monoisotopic (exact) mass is 288 g/mol. The fourth-order valence-electron chi connectivity index (χ4n) is 2.10. The Morgan fingerprint density at radius 1 is 1.58 bits per heavy atom. The number of benzene rings is 1. The Morgan fingerprint density at radius 3 is 3.00 bits per heavy atom. The summed E-state index contributed by atoms with van der Waals surface area (Å²) >= 11 is 0. The van der Waals surface area contributed by atoms with Gasteiger partial charge in [0.15, 0.2) is 0 Å². The Hall–Kier alpha value is -1.33. The minimum atomic E-state index is -0.444. The number of rotatable bonds is 4. The molecule has 0 saturated carbocycles. The summed E-state index contributed by atoms with van der Waals surface area (Å²) < 4.78 is 18.2. The topological polar surface area (TPSA) is 50.4 Å². The zero-order valence-corrected chi connectivity index (χ0v) is 11.6. The highest BCUT2D eigenvalue weighted by Gasteiger charge is 2.17. The zero-order chi connectivity index (χ0) is 13.0. The maximum Gasteiger partial charge on any atom is 0.255 e. The van der Waals surface area contributed by atoms with Gasteiger partial charge in [0.2, 0.25) is 0 Å². The third-order valence-electron chi connectivity index (χ3n) is 3.08. The van der Waals surface area contributed by atoms with E-state index >= 15 is 0 Å². The average Bonchev–Trinajstić information content (AvgIpc) is 2.89. The van der Waals surface area contributed by atoms with Crippen molar-refractivity contribution in [2.75, 3.05) is 20.2 Å². The summed E-state index contributed by atoms with van der Waals surface area (Å²) in [5.41, 5.74) is 0.232. The predicted molar refractivity (Wildman–Crippen MR) is 73.6 cm³/mol. The molecule has 0 spiro atoms. The number of nitrogens with one attached hydrogen (secondary N) is 2. The molecule has 0 bridgehead atoms. The molecule has 0 aromatic heterocycles. The van der Waals surface area contributed by atoms with E-state index in [2.05, 4.69) is 10.6 Å². The van der Waals surface area contributed by atoms with Crippen molar-refractivity contribution in [2.24, 2.45) is 0 Å². The number of hydrogen-bond donors (Lipinski definition) is 2. The van der Waals surface area contributed by atoms with E-state index in [4.69, 9.17) is 4.74 Å². The summed E-state index contributed by atoms with van der Waals surface area (Å²) in [6.07, 6.45) is 2.18. The van der Waals surface area contributed by atoms with E-state index in [1.165, 1.54) is 25.3 Å². The molecule has 19 heavy (non-hydrogen) atoms. The largest absolute Gasteiger partial charge is 0.496 e. The van der Waals surface area contributed by atoms with Crippen LogP contribution in [-0.2, 0) is 0 Å². The Morgan fingerprint density at radius 2 is 2.37 bits per heavy atom. The van der Waals surface area contributed by atoms with Gasteiger partial charge in [-0.1, -0.05) is 0 Å². The molecule has 1 aromatic rings. The molecule has 1 amide bonds. The highest BCUT2D eigenvalue weighted by atomic mass is 35.5. The summed E-state index contributed by atoms with van der Waals surface area (Å²) in [6, 6.07) is 4.23. The summed E-state index contributed by atoms with van der Waals surface area (Å²) in [5.74, 6) is -0.367. The number of halogens is 2. The van der Waals surface area contributed by atoms with Gasteiger partial charge in [-0.25, -0.2) is 4.39 Å². The average molecular weight is 289 g/mol. The van der Waals surface area contributed by atoms with E-state index < -0.39 is 5.82 Å². The number of amides is 1. The van der Waals surface area contributed by atoms with Crippen LogP contribution in [0.5, 0.6) is 5.75 Å². The molecule has 1 saturated heterocycles. The van der Waals surface area contributed by atoms with Crippen molar-refractivity contribution in [2.45, 2.75) is 18.9 Å². The molecule has 1 heterocycles. The van der Waals surface area contributed by atoms with Gasteiger partial charge in [0.05, 0.1) is 12.7 Å². The fraction of sp³-hybridized carbons (Fsp3) is 0.462. The molecule has 1 aliphatic heterocycles. The second-order valence-electron chi connectivity index (χ2n) is 4.35. The standard InChI is InChI=1S/C13H17FN2O2.ClH/c1-18-12-5-4-9(14)7-11(12)13(17)16-8-10-3-2-6-15-10;/h4-5,7,10,15H,2-3,6,8H2,1H3,(H,16,17);1H. The van der Waals surface area contributed by atoms with Crippen LogP contribution in [0.1, 0.15) is 23.2 Å². The van der Waals surface area contributed by atoms with E-state index in [0.717, 1.165) is 19.4 Å². The number of carbonyl (C=O) groups excluding carboxylic acids is 1. The highest BCUT2D eigenvalue weighted by molar-refractivity contribution is 5.96. The molecule has 1 aromatic carbocycles. The maximum absolute atomic E-state index is 13.1. The third kappa shape index (κ3) is 4.08. The lowest BCUT2D eigenvalue weighted by molar-refractivity contribution is 0.0947. The zero-order valence-electron chi connectivity index (χ0n) is 10.7. The number of methoxy groups -OCH3 is 1. The third-order valence-corrected chi connectivity index (χ3v) is 3.08. The van der Waals surface area contributed by atoms with Crippen LogP contribution in [0, 0.1) is 5.82 Å². The molecule has 1 unspecified atom stereocenters. The molecular weight excluding hydrogens is 271 g/mol. The second kappa shape index (κ2) is 7.31. The summed E-state index contributed by atoms with van der Waals surface area (Å²) in [4.78, 5) is 11.9. The lowest BCUT2D eigenvalue weighted by Gasteiger charge is -2.13. The van der Waals surface area contributed by atoms with E-state index in [1.54, 1.807) is 0 Å². The smallest absolute Gasteiger partial charge is 0.255 e. The minimum absolute atomic E-state index is 0. The van der Waals surface area contributed by atoms with Gasteiger partial charge < -0.3 is 15.4 Å². The molecule has 2 rings (SSSR count). The number of ether oxygens (including phenoxy) is 1. The lowest BCUT2D eigenvalue weighted by atomic mass is 10.1. The Balaban J connectivity index is 0.00000180. The van der Waals surface area contributed by atoms with Crippen molar-refractivity contribution in [3.63, 3.8) is 0 Å². The lowest BCUT2D eigenvalue weighted by Crippen LogP contribution is -2.37. The normalized spacial score (nSPS) is 17.7. The van der Waals surface area contributed by atoms with Gasteiger partial charge in [0, 0.05) is 12.6 Å². The number of hydrogen-bond acceptors (Lipinski definition) is 3. The van der Waals surface area contributed by atoms with Crippen LogP contribution in [0.25, 0.3) is 0 Å². The van der Waals surface area contributed by atoms with Crippen LogP contribution in [0.15, 0.2) is 18.2 Å². The molecule has 1 atom stereocenters. The van der Waals surface area contributed by atoms with Gasteiger partial charge >= 0.3 is 0 Å². The van der Waals surface area contributed by atoms with E-state index in [1.807, 2.05) is 0 Å². The molecule has 0 radical (unpaired) electrons. The Labute approximate surface area is 118 Å². The number of carbonyl (C=O) groups is 1. The molecule has 0 aliphatic carbocycles. The second-order valence-corrected chi connectivity index (χ2v) is 4.35. The molecule has 106 valence electrons. The maximum atomic E-state index is 13.1. The van der Waals surface area contributed by atoms with Crippen molar-refractivity contribution in [3.05, 3.63) is 29.6 Å². The van der Waals surface area contributed by atoms with Crippen LogP contribution in [0.4, 0.5) is 4.39 Å². The van der Waals surface area contributed by atoms with Crippen LogP contribution >= 0.6 is 12.4 Å². The summed E-state index contributed by atoms with van der Waals surface area (Å²) in [6.45, 7) is 1.54. The molecule has 1 fully saturated rings. The van der Waals surface area contributed by atoms with Crippen molar-refractivity contribution >= 4 is 18.3 Å². The van der Waals surface area contributed by atoms with Crippen molar-refractivity contribution in [1.29, 1.82) is 0 Å². The van der Waals surface area contributed by atoms with E-state index in [9.17, 15) is 9.18 Å². The highest BCUT2D eigenvalue weighted by Crippen LogP contribution is 2.19. The van der Waals surface area contributed by atoms with Crippen LogP contribution in [-0.4, -0.2) is 32.1 Å². The molecule has 6 heteroatoms. The molecule has 1 aliphatic rings. The van der Waals surface area contributed by atoms with Crippen molar-refractivity contribution in [3.8, 4) is 5.75 Å². The van der Waals surface area contributed by atoms with Crippen LogP contribution in [0.3, 0.4) is 0 Å². The Bertz CT molecular complexity index is 437. The first kappa shape index (κ1) is 15.7. The first-order valence-electron chi connectivity index (χ1n) is 6.06. The predicted octanol–water partition coefficient (Wildman–Crippen LogP) is 1.74. The van der Waals surface area contributed by atoms with Crippen molar-refractivity contribution in [1.82, 2.24) is 10.6 Å². The molecule has 2 N–H and O–H groups in total. The van der Waals surface area contributed by atoms with Gasteiger partial charge in [-0.05, 0) is 37.6 Å². The molecular formula is C13H18ClFN2O2. The van der Waals surface area contributed by atoms with E-state index in [0.29, 0.717) is 18.3 Å². The van der Waals surface area contributed by atoms with Gasteiger partial charge in [-0.2, -0.15) is 0 Å². The van der Waals surface area contributed by atoms with Gasteiger partial charge in [-0.3, -0.25) is 4.79 Å². The molecule has 4 nitrogen and oxygen atoms in total. The van der Waals surface area contributed by atoms with Gasteiger partial charge in [-0.15, -0.1) is 12.4 Å². The minimum Gasteiger partial charge on any atom is -0.496 e.